The Kier molecular flexibility index (Phi) is 4.17. The van der Waals surface area contributed by atoms with Crippen molar-refractivity contribution in [2.24, 2.45) is 0 Å². The van der Waals surface area contributed by atoms with Crippen LogP contribution < -0.4 is 9.47 Å². The lowest BCUT2D eigenvalue weighted by Crippen LogP contribution is -2.01. The van der Waals surface area contributed by atoms with Gasteiger partial charge in [0.05, 0.1) is 19.2 Å². The van der Waals surface area contributed by atoms with Crippen molar-refractivity contribution >= 4 is 11.6 Å². The molecule has 84 valence electrons. The number of halogens is 2. The summed E-state index contributed by atoms with van der Waals surface area (Å²) in [5.41, 5.74) is 0.614. The smallest absolute Gasteiger partial charge is 0.198 e. The lowest BCUT2D eigenvalue weighted by atomic mass is 10.1. The predicted molar refractivity (Wildman–Crippen MR) is 55.3 cm³/mol. The highest BCUT2D eigenvalue weighted by atomic mass is 35.5. The number of ether oxygens (including phenoxy) is 2. The van der Waals surface area contributed by atoms with E-state index >= 15 is 0 Å². The number of methoxy groups -OCH3 is 2. The van der Waals surface area contributed by atoms with Crippen molar-refractivity contribution < 1.29 is 19.0 Å². The zero-order valence-electron chi connectivity index (χ0n) is 8.51. The SMILES string of the molecule is COc1c(CCO)cc(Cl)c(F)c1OC. The van der Waals surface area contributed by atoms with Gasteiger partial charge in [-0.2, -0.15) is 0 Å². The van der Waals surface area contributed by atoms with Crippen LogP contribution in [0.1, 0.15) is 5.56 Å². The summed E-state index contributed by atoms with van der Waals surface area (Å²) in [6.07, 6.45) is 0.333. The average molecular weight is 235 g/mol. The summed E-state index contributed by atoms with van der Waals surface area (Å²) < 4.78 is 23.4. The number of benzene rings is 1. The van der Waals surface area contributed by atoms with Gasteiger partial charge in [-0.05, 0) is 12.5 Å². The van der Waals surface area contributed by atoms with E-state index in [1.54, 1.807) is 0 Å². The molecule has 0 saturated heterocycles. The summed E-state index contributed by atoms with van der Waals surface area (Å²) >= 11 is 5.67. The third-order valence-electron chi connectivity index (χ3n) is 2.00. The van der Waals surface area contributed by atoms with Gasteiger partial charge in [0.15, 0.2) is 17.3 Å². The highest BCUT2D eigenvalue weighted by molar-refractivity contribution is 6.31. The fraction of sp³-hybridized carbons (Fsp3) is 0.400. The van der Waals surface area contributed by atoms with Crippen LogP contribution in [-0.2, 0) is 6.42 Å². The van der Waals surface area contributed by atoms with Crippen LogP contribution in [-0.4, -0.2) is 25.9 Å². The lowest BCUT2D eigenvalue weighted by molar-refractivity contribution is 0.293. The van der Waals surface area contributed by atoms with E-state index in [2.05, 4.69) is 0 Å². The van der Waals surface area contributed by atoms with Crippen LogP contribution in [0.25, 0.3) is 0 Å². The maximum Gasteiger partial charge on any atom is 0.198 e. The first-order chi connectivity index (χ1) is 7.15. The highest BCUT2D eigenvalue weighted by Gasteiger charge is 2.18. The molecule has 0 aliphatic rings. The molecule has 0 amide bonds. The Bertz CT molecular complexity index is 355. The Morgan fingerprint density at radius 1 is 1.33 bits per heavy atom. The predicted octanol–water partition coefficient (Wildman–Crippen LogP) is 2.03. The molecule has 0 aromatic heterocycles. The molecule has 0 atom stereocenters. The molecule has 1 aromatic carbocycles. The van der Waals surface area contributed by atoms with Crippen molar-refractivity contribution in [3.8, 4) is 11.5 Å². The maximum atomic E-state index is 13.5. The van der Waals surface area contributed by atoms with Crippen LogP contribution in [0.15, 0.2) is 6.07 Å². The van der Waals surface area contributed by atoms with Gasteiger partial charge in [0, 0.05) is 12.2 Å². The monoisotopic (exact) mass is 234 g/mol. The van der Waals surface area contributed by atoms with Gasteiger partial charge in [0.2, 0.25) is 0 Å². The van der Waals surface area contributed by atoms with Crippen LogP contribution >= 0.6 is 11.6 Å². The zero-order chi connectivity index (χ0) is 11.4. The third-order valence-corrected chi connectivity index (χ3v) is 2.27. The molecular weight excluding hydrogens is 223 g/mol. The third kappa shape index (κ3) is 2.33. The first-order valence-electron chi connectivity index (χ1n) is 4.35. The van der Waals surface area contributed by atoms with E-state index in [0.717, 1.165) is 0 Å². The van der Waals surface area contributed by atoms with Gasteiger partial charge in [-0.1, -0.05) is 11.6 Å². The Labute approximate surface area is 92.4 Å². The molecule has 1 N–H and O–H groups in total. The summed E-state index contributed by atoms with van der Waals surface area (Å²) in [7, 11) is 2.74. The van der Waals surface area contributed by atoms with Crippen LogP contribution in [0.4, 0.5) is 4.39 Å². The van der Waals surface area contributed by atoms with Gasteiger partial charge in [0.1, 0.15) is 0 Å². The molecule has 15 heavy (non-hydrogen) atoms. The van der Waals surface area contributed by atoms with Crippen molar-refractivity contribution in [1.82, 2.24) is 0 Å². The summed E-state index contributed by atoms with van der Waals surface area (Å²) in [5, 5.41) is 8.78. The lowest BCUT2D eigenvalue weighted by Gasteiger charge is -2.13. The Morgan fingerprint density at radius 2 is 1.93 bits per heavy atom. The van der Waals surface area contributed by atoms with Gasteiger partial charge < -0.3 is 14.6 Å². The molecule has 0 radical (unpaired) electrons. The van der Waals surface area contributed by atoms with Gasteiger partial charge in [0.25, 0.3) is 0 Å². The van der Waals surface area contributed by atoms with Crippen LogP contribution in [0.5, 0.6) is 11.5 Å². The number of hydrogen-bond acceptors (Lipinski definition) is 3. The number of hydrogen-bond donors (Lipinski definition) is 1. The molecule has 1 aromatic rings. The minimum atomic E-state index is -0.655. The molecule has 1 rings (SSSR count). The van der Waals surface area contributed by atoms with Crippen LogP contribution in [0.2, 0.25) is 5.02 Å². The minimum absolute atomic E-state index is 0.0338. The van der Waals surface area contributed by atoms with Gasteiger partial charge in [-0.25, -0.2) is 4.39 Å². The summed E-state index contributed by atoms with van der Waals surface area (Å²) in [5.74, 6) is -0.417. The van der Waals surface area contributed by atoms with E-state index in [1.165, 1.54) is 20.3 Å². The van der Waals surface area contributed by atoms with Crippen molar-refractivity contribution in [3.63, 3.8) is 0 Å². The Morgan fingerprint density at radius 3 is 2.40 bits per heavy atom. The second kappa shape index (κ2) is 5.19. The molecule has 0 aliphatic heterocycles. The van der Waals surface area contributed by atoms with Crippen molar-refractivity contribution in [3.05, 3.63) is 22.5 Å². The quantitative estimate of drug-likeness (QED) is 0.867. The van der Waals surface area contributed by atoms with Crippen LogP contribution in [0.3, 0.4) is 0 Å². The molecule has 0 unspecified atom stereocenters. The molecule has 0 saturated carbocycles. The van der Waals surface area contributed by atoms with E-state index in [-0.39, 0.29) is 23.1 Å². The number of aliphatic hydroxyl groups is 1. The Hall–Kier alpha value is -1.00. The summed E-state index contributed by atoms with van der Waals surface area (Å²) in [4.78, 5) is 0. The first-order valence-corrected chi connectivity index (χ1v) is 4.73. The topological polar surface area (TPSA) is 38.7 Å². The summed E-state index contributed by atoms with van der Waals surface area (Å²) in [6, 6.07) is 1.43. The standard InChI is InChI=1S/C10H12ClFO3/c1-14-9-6(3-4-13)5-7(11)8(12)10(9)15-2/h5,13H,3-4H2,1-2H3. The fourth-order valence-corrected chi connectivity index (χ4v) is 1.57. The maximum absolute atomic E-state index is 13.5. The molecule has 0 bridgehead atoms. The van der Waals surface area contributed by atoms with E-state index in [1.807, 2.05) is 0 Å². The molecule has 0 heterocycles. The van der Waals surface area contributed by atoms with Gasteiger partial charge in [-0.3, -0.25) is 0 Å². The molecule has 0 fully saturated rings. The molecule has 3 nitrogen and oxygen atoms in total. The first kappa shape index (κ1) is 12.1. The average Bonchev–Trinajstić information content (AvgIpc) is 2.23. The second-order valence-electron chi connectivity index (χ2n) is 2.87. The van der Waals surface area contributed by atoms with Gasteiger partial charge in [-0.15, -0.1) is 0 Å². The minimum Gasteiger partial charge on any atom is -0.492 e. The highest BCUT2D eigenvalue weighted by Crippen LogP contribution is 2.38. The number of rotatable bonds is 4. The number of aliphatic hydroxyl groups excluding tert-OH is 1. The zero-order valence-corrected chi connectivity index (χ0v) is 9.27. The molecule has 5 heteroatoms. The van der Waals surface area contributed by atoms with Crippen LogP contribution in [0, 0.1) is 5.82 Å². The largest absolute Gasteiger partial charge is 0.492 e. The normalized spacial score (nSPS) is 10.2. The summed E-state index contributed by atoms with van der Waals surface area (Å²) in [6.45, 7) is -0.0680. The molecule has 0 aliphatic carbocycles. The van der Waals surface area contributed by atoms with Crippen molar-refractivity contribution in [2.45, 2.75) is 6.42 Å². The fourth-order valence-electron chi connectivity index (χ4n) is 1.35. The molecular formula is C10H12ClFO3. The Balaban J connectivity index is 3.33. The van der Waals surface area contributed by atoms with E-state index < -0.39 is 5.82 Å². The van der Waals surface area contributed by atoms with E-state index in [4.69, 9.17) is 26.2 Å². The van der Waals surface area contributed by atoms with E-state index in [9.17, 15) is 4.39 Å². The van der Waals surface area contributed by atoms with Crippen molar-refractivity contribution in [2.75, 3.05) is 20.8 Å². The van der Waals surface area contributed by atoms with E-state index in [0.29, 0.717) is 12.0 Å². The van der Waals surface area contributed by atoms with Gasteiger partial charge >= 0.3 is 0 Å². The molecule has 0 spiro atoms. The second-order valence-corrected chi connectivity index (χ2v) is 3.28. The van der Waals surface area contributed by atoms with Crippen molar-refractivity contribution in [1.29, 1.82) is 0 Å².